The van der Waals surface area contributed by atoms with E-state index < -0.39 is 16.0 Å². The first-order chi connectivity index (χ1) is 10.2. The van der Waals surface area contributed by atoms with Crippen LogP contribution in [0.25, 0.3) is 0 Å². The molecule has 22 heavy (non-hydrogen) atoms. The SMILES string of the molecule is Cc1[nH]ncc1S(=O)(=O)Nc1c(C(=O)O)cccc1C(C)C. The molecule has 0 aliphatic rings. The first-order valence-corrected chi connectivity index (χ1v) is 8.11. The molecule has 0 saturated heterocycles. The van der Waals surface area contributed by atoms with Gasteiger partial charge in [-0.25, -0.2) is 13.2 Å². The Morgan fingerprint density at radius 3 is 2.55 bits per heavy atom. The van der Waals surface area contributed by atoms with Gasteiger partial charge < -0.3 is 5.11 Å². The van der Waals surface area contributed by atoms with Gasteiger partial charge in [0.05, 0.1) is 23.1 Å². The largest absolute Gasteiger partial charge is 0.478 e. The fourth-order valence-electron chi connectivity index (χ4n) is 2.14. The smallest absolute Gasteiger partial charge is 0.337 e. The molecule has 0 aliphatic heterocycles. The number of sulfonamides is 1. The number of H-pyrrole nitrogens is 1. The monoisotopic (exact) mass is 323 g/mol. The number of carboxylic acid groups (broad SMARTS) is 1. The van der Waals surface area contributed by atoms with E-state index in [1.165, 1.54) is 12.3 Å². The van der Waals surface area contributed by atoms with Gasteiger partial charge in [0.2, 0.25) is 0 Å². The number of hydrogen-bond donors (Lipinski definition) is 3. The number of nitrogens with one attached hydrogen (secondary N) is 2. The van der Waals surface area contributed by atoms with Gasteiger partial charge in [-0.2, -0.15) is 5.10 Å². The van der Waals surface area contributed by atoms with Crippen molar-refractivity contribution in [2.45, 2.75) is 31.6 Å². The van der Waals surface area contributed by atoms with Crippen molar-refractivity contribution in [1.29, 1.82) is 0 Å². The topological polar surface area (TPSA) is 112 Å². The molecule has 0 unspecified atom stereocenters. The van der Waals surface area contributed by atoms with E-state index in [9.17, 15) is 18.3 Å². The quantitative estimate of drug-likeness (QED) is 0.782. The zero-order valence-corrected chi connectivity index (χ0v) is 13.2. The van der Waals surface area contributed by atoms with E-state index in [0.717, 1.165) is 0 Å². The molecule has 2 rings (SSSR count). The number of aromatic nitrogens is 2. The standard InChI is InChI=1S/C14H17N3O4S/c1-8(2)10-5-4-6-11(14(18)19)13(10)17-22(20,21)12-7-15-16-9(12)3/h4-8,17H,1-3H3,(H,15,16)(H,18,19). The van der Waals surface area contributed by atoms with Crippen molar-refractivity contribution in [3.8, 4) is 0 Å². The van der Waals surface area contributed by atoms with Crippen LogP contribution in [0, 0.1) is 6.92 Å². The number of para-hydroxylation sites is 1. The molecule has 0 amide bonds. The molecule has 2 aromatic rings. The van der Waals surface area contributed by atoms with Crippen LogP contribution in [0.15, 0.2) is 29.3 Å². The van der Waals surface area contributed by atoms with Crippen molar-refractivity contribution >= 4 is 21.7 Å². The molecule has 1 aromatic carbocycles. The fraction of sp³-hybridized carbons (Fsp3) is 0.286. The maximum atomic E-state index is 12.5. The zero-order valence-electron chi connectivity index (χ0n) is 12.4. The Hall–Kier alpha value is -2.35. The highest BCUT2D eigenvalue weighted by Gasteiger charge is 2.24. The van der Waals surface area contributed by atoms with Crippen LogP contribution in [0.2, 0.25) is 0 Å². The summed E-state index contributed by atoms with van der Waals surface area (Å²) in [5.74, 6) is -1.23. The molecule has 0 radical (unpaired) electrons. The van der Waals surface area contributed by atoms with Crippen molar-refractivity contribution in [3.63, 3.8) is 0 Å². The molecule has 1 heterocycles. The van der Waals surface area contributed by atoms with E-state index in [1.807, 2.05) is 13.8 Å². The lowest BCUT2D eigenvalue weighted by Crippen LogP contribution is -2.18. The van der Waals surface area contributed by atoms with Crippen LogP contribution in [-0.4, -0.2) is 29.7 Å². The fourth-order valence-corrected chi connectivity index (χ4v) is 3.39. The van der Waals surface area contributed by atoms with Crippen LogP contribution in [0.5, 0.6) is 0 Å². The molecule has 0 fully saturated rings. The number of nitrogens with zero attached hydrogens (tertiary/aromatic N) is 1. The molecule has 0 bridgehead atoms. The van der Waals surface area contributed by atoms with Crippen LogP contribution < -0.4 is 4.72 Å². The number of aryl methyl sites for hydroxylation is 1. The highest BCUT2D eigenvalue weighted by atomic mass is 32.2. The Kier molecular flexibility index (Phi) is 4.23. The number of rotatable bonds is 5. The molecular weight excluding hydrogens is 306 g/mol. The second-order valence-corrected chi connectivity index (χ2v) is 6.85. The van der Waals surface area contributed by atoms with Gasteiger partial charge in [-0.15, -0.1) is 0 Å². The Labute approximate surface area is 128 Å². The minimum atomic E-state index is -3.92. The number of aromatic carboxylic acids is 1. The maximum absolute atomic E-state index is 12.5. The summed E-state index contributed by atoms with van der Waals surface area (Å²) in [6, 6.07) is 4.67. The summed E-state index contributed by atoms with van der Waals surface area (Å²) in [5, 5.41) is 15.5. The third kappa shape index (κ3) is 2.96. The summed E-state index contributed by atoms with van der Waals surface area (Å²) >= 11 is 0. The van der Waals surface area contributed by atoms with Crippen molar-refractivity contribution in [1.82, 2.24) is 10.2 Å². The molecule has 1 aromatic heterocycles. The summed E-state index contributed by atoms with van der Waals surface area (Å²) in [5.41, 5.74) is 0.998. The normalized spacial score (nSPS) is 11.6. The molecule has 3 N–H and O–H groups in total. The molecule has 118 valence electrons. The van der Waals surface area contributed by atoms with Gasteiger partial charge in [-0.3, -0.25) is 9.82 Å². The lowest BCUT2D eigenvalue weighted by atomic mass is 9.98. The number of benzene rings is 1. The summed E-state index contributed by atoms with van der Waals surface area (Å²) < 4.78 is 27.3. The Morgan fingerprint density at radius 2 is 2.05 bits per heavy atom. The molecule has 0 saturated carbocycles. The van der Waals surface area contributed by atoms with Gasteiger partial charge >= 0.3 is 5.97 Å². The van der Waals surface area contributed by atoms with Crippen LogP contribution in [0.4, 0.5) is 5.69 Å². The Morgan fingerprint density at radius 1 is 1.36 bits per heavy atom. The van der Waals surface area contributed by atoms with E-state index in [0.29, 0.717) is 11.3 Å². The second-order valence-electron chi connectivity index (χ2n) is 5.19. The lowest BCUT2D eigenvalue weighted by Gasteiger charge is -2.17. The van der Waals surface area contributed by atoms with Gasteiger partial charge in [-0.1, -0.05) is 26.0 Å². The van der Waals surface area contributed by atoms with Crippen molar-refractivity contribution in [2.24, 2.45) is 0 Å². The molecule has 7 nitrogen and oxygen atoms in total. The first kappa shape index (κ1) is 16.0. The average molecular weight is 323 g/mol. The molecule has 0 atom stereocenters. The van der Waals surface area contributed by atoms with Gasteiger partial charge in [0, 0.05) is 0 Å². The van der Waals surface area contributed by atoms with Crippen molar-refractivity contribution in [2.75, 3.05) is 4.72 Å². The van der Waals surface area contributed by atoms with Crippen molar-refractivity contribution < 1.29 is 18.3 Å². The Bertz CT molecular complexity index is 809. The van der Waals surface area contributed by atoms with Gasteiger partial charge in [0.15, 0.2) is 0 Å². The minimum absolute atomic E-state index is 0.0117. The van der Waals surface area contributed by atoms with Gasteiger partial charge in [0.1, 0.15) is 4.90 Å². The van der Waals surface area contributed by atoms with Crippen LogP contribution in [-0.2, 0) is 10.0 Å². The summed E-state index contributed by atoms with van der Waals surface area (Å²) in [6.07, 6.45) is 1.19. The van der Waals surface area contributed by atoms with Gasteiger partial charge in [-0.05, 0) is 24.5 Å². The first-order valence-electron chi connectivity index (χ1n) is 6.63. The number of hydrogen-bond acceptors (Lipinski definition) is 4. The van der Waals surface area contributed by atoms with Gasteiger partial charge in [0.25, 0.3) is 10.0 Å². The number of carbonyl (C=O) groups is 1. The number of carboxylic acids is 1. The predicted octanol–water partition coefficient (Wildman–Crippen LogP) is 2.34. The zero-order chi connectivity index (χ0) is 16.5. The maximum Gasteiger partial charge on any atom is 0.337 e. The third-order valence-corrected chi connectivity index (χ3v) is 4.72. The highest BCUT2D eigenvalue weighted by molar-refractivity contribution is 7.92. The number of anilines is 1. The molecule has 0 spiro atoms. The summed E-state index contributed by atoms with van der Waals surface area (Å²) in [7, 11) is -3.92. The molecular formula is C14H17N3O4S. The van der Waals surface area contributed by atoms with Crippen molar-refractivity contribution in [3.05, 3.63) is 41.2 Å². The minimum Gasteiger partial charge on any atom is -0.478 e. The highest BCUT2D eigenvalue weighted by Crippen LogP contribution is 2.30. The van der Waals surface area contributed by atoms with E-state index >= 15 is 0 Å². The average Bonchev–Trinajstić information content (AvgIpc) is 2.85. The third-order valence-electron chi connectivity index (χ3n) is 3.26. The van der Waals surface area contributed by atoms with E-state index in [2.05, 4.69) is 14.9 Å². The predicted molar refractivity (Wildman–Crippen MR) is 81.6 cm³/mol. The Balaban J connectivity index is 2.58. The van der Waals surface area contributed by atoms with Crippen LogP contribution in [0.1, 0.15) is 41.4 Å². The summed E-state index contributed by atoms with van der Waals surface area (Å²) in [6.45, 7) is 5.30. The van der Waals surface area contributed by atoms with E-state index in [4.69, 9.17) is 0 Å². The van der Waals surface area contributed by atoms with E-state index in [1.54, 1.807) is 19.1 Å². The van der Waals surface area contributed by atoms with Crippen LogP contribution in [0.3, 0.4) is 0 Å². The van der Waals surface area contributed by atoms with E-state index in [-0.39, 0.29) is 22.1 Å². The van der Waals surface area contributed by atoms with Crippen LogP contribution >= 0.6 is 0 Å². The summed E-state index contributed by atoms with van der Waals surface area (Å²) in [4.78, 5) is 11.4. The number of aromatic amines is 1. The molecule has 0 aliphatic carbocycles. The second kappa shape index (κ2) is 5.80. The molecule has 8 heteroatoms. The lowest BCUT2D eigenvalue weighted by molar-refractivity contribution is 0.0698.